The van der Waals surface area contributed by atoms with Gasteiger partial charge in [0.25, 0.3) is 5.91 Å². The molecule has 2 heterocycles. The number of pyridine rings is 1. The van der Waals surface area contributed by atoms with Crippen LogP contribution in [0.2, 0.25) is 0 Å². The van der Waals surface area contributed by atoms with Crippen LogP contribution in [-0.2, 0) is 23.1 Å². The Labute approximate surface area is 256 Å². The second-order valence-corrected chi connectivity index (χ2v) is 10.2. The first kappa shape index (κ1) is 31.7. The molecule has 0 aliphatic heterocycles. The highest BCUT2D eigenvalue weighted by Gasteiger charge is 2.20. The van der Waals surface area contributed by atoms with Gasteiger partial charge in [0.2, 0.25) is 5.91 Å². The van der Waals surface area contributed by atoms with Crippen molar-refractivity contribution < 1.29 is 19.1 Å². The average molecular weight is 599 g/mol. The Morgan fingerprint density at radius 3 is 2.61 bits per heavy atom. The van der Waals surface area contributed by atoms with Gasteiger partial charge in [0.15, 0.2) is 0 Å². The molecule has 4 N–H and O–H groups in total. The van der Waals surface area contributed by atoms with Gasteiger partial charge in [0, 0.05) is 37.5 Å². The van der Waals surface area contributed by atoms with E-state index in [1.165, 1.54) is 11.2 Å². The Hall–Kier alpha value is -5.26. The SMILES string of the molecule is CCCCCCOC(=O)NC=Nc1ccc(NCc2nc3cc(C(=O)N(CCC(N)=O)c4ccccn4)ccc3n2C)cc1. The predicted molar refractivity (Wildman–Crippen MR) is 171 cm³/mol. The fraction of sp³-hybridized carbons (Fsp3) is 0.312. The number of carbonyl (C=O) groups is 3. The zero-order valence-corrected chi connectivity index (χ0v) is 25.0. The number of hydrogen-bond donors (Lipinski definition) is 3. The molecule has 0 radical (unpaired) electrons. The highest BCUT2D eigenvalue weighted by Crippen LogP contribution is 2.22. The molecule has 230 valence electrons. The van der Waals surface area contributed by atoms with Crippen LogP contribution in [0.1, 0.15) is 55.2 Å². The van der Waals surface area contributed by atoms with Crippen LogP contribution in [0.4, 0.5) is 22.0 Å². The number of fused-ring (bicyclic) bond motifs is 1. The van der Waals surface area contributed by atoms with E-state index in [4.69, 9.17) is 15.5 Å². The maximum absolute atomic E-state index is 13.5. The molecule has 2 aromatic carbocycles. The molecule has 2 aromatic heterocycles. The number of carbonyl (C=O) groups excluding carboxylic acids is 3. The lowest BCUT2D eigenvalue weighted by molar-refractivity contribution is -0.117. The minimum absolute atomic E-state index is 0.0159. The number of unbranched alkanes of at least 4 members (excludes halogenated alkanes) is 3. The van der Waals surface area contributed by atoms with Gasteiger partial charge in [-0.15, -0.1) is 0 Å². The maximum atomic E-state index is 13.5. The second-order valence-electron chi connectivity index (χ2n) is 10.2. The molecule has 4 aromatic rings. The van der Waals surface area contributed by atoms with Crippen molar-refractivity contribution in [2.75, 3.05) is 23.4 Å². The quantitative estimate of drug-likeness (QED) is 0.0980. The van der Waals surface area contributed by atoms with E-state index in [9.17, 15) is 14.4 Å². The van der Waals surface area contributed by atoms with Crippen LogP contribution >= 0.6 is 0 Å². The molecule has 0 aliphatic rings. The first-order valence-corrected chi connectivity index (χ1v) is 14.6. The number of primary amides is 1. The number of nitrogens with one attached hydrogen (secondary N) is 2. The second kappa shape index (κ2) is 15.8. The lowest BCUT2D eigenvalue weighted by atomic mass is 10.1. The smallest absolute Gasteiger partial charge is 0.412 e. The van der Waals surface area contributed by atoms with Crippen LogP contribution in [0.3, 0.4) is 0 Å². The molecule has 4 rings (SSSR count). The van der Waals surface area contributed by atoms with E-state index in [2.05, 4.69) is 27.5 Å². The Balaban J connectivity index is 1.35. The number of ether oxygens (including phenoxy) is 1. The molecule has 0 bridgehead atoms. The Morgan fingerprint density at radius 1 is 1.07 bits per heavy atom. The number of hydrogen-bond acceptors (Lipinski definition) is 8. The van der Waals surface area contributed by atoms with Gasteiger partial charge in [-0.1, -0.05) is 32.3 Å². The standard InChI is InChI=1S/C32H38N8O4/c1-3-4-5-8-19-44-32(43)37-22-36-25-13-11-24(12-14-25)35-21-30-38-26-20-23(10-15-27(26)39(30)2)31(42)40(18-16-28(33)41)29-9-6-7-17-34-29/h6-7,9-15,17,20,22,35H,3-5,8,16,18-19,21H2,1-2H3,(H2,33,41)(H,36,37,43). The van der Waals surface area contributed by atoms with E-state index < -0.39 is 12.0 Å². The van der Waals surface area contributed by atoms with Gasteiger partial charge in [0.05, 0.1) is 36.2 Å². The highest BCUT2D eigenvalue weighted by atomic mass is 16.5. The average Bonchev–Trinajstić information content (AvgIpc) is 3.35. The van der Waals surface area contributed by atoms with Gasteiger partial charge in [-0.2, -0.15) is 0 Å². The molecule has 0 fully saturated rings. The summed E-state index contributed by atoms with van der Waals surface area (Å²) in [6.07, 6.45) is 6.58. The third kappa shape index (κ3) is 8.87. The highest BCUT2D eigenvalue weighted by molar-refractivity contribution is 6.07. The van der Waals surface area contributed by atoms with Gasteiger partial charge in [-0.3, -0.25) is 19.8 Å². The molecule has 44 heavy (non-hydrogen) atoms. The summed E-state index contributed by atoms with van der Waals surface area (Å²) in [5.74, 6) is 0.420. The van der Waals surface area contributed by atoms with Crippen LogP contribution in [0.5, 0.6) is 0 Å². The van der Waals surface area contributed by atoms with Crippen molar-refractivity contribution in [2.45, 2.75) is 45.6 Å². The molecule has 0 unspecified atom stereocenters. The summed E-state index contributed by atoms with van der Waals surface area (Å²) in [6.45, 7) is 3.09. The number of anilines is 2. The lowest BCUT2D eigenvalue weighted by Crippen LogP contribution is -2.34. The van der Waals surface area contributed by atoms with Crippen molar-refractivity contribution in [3.8, 4) is 0 Å². The Bertz CT molecular complexity index is 1590. The monoisotopic (exact) mass is 598 g/mol. The summed E-state index contributed by atoms with van der Waals surface area (Å²) in [4.78, 5) is 51.3. The zero-order valence-electron chi connectivity index (χ0n) is 25.0. The molecule has 12 nitrogen and oxygen atoms in total. The normalized spacial score (nSPS) is 11.0. The van der Waals surface area contributed by atoms with E-state index >= 15 is 0 Å². The first-order valence-electron chi connectivity index (χ1n) is 14.6. The Morgan fingerprint density at radius 2 is 1.89 bits per heavy atom. The summed E-state index contributed by atoms with van der Waals surface area (Å²) in [5, 5.41) is 5.87. The molecule has 3 amide bonds. The van der Waals surface area contributed by atoms with Crippen molar-refractivity contribution in [3.63, 3.8) is 0 Å². The first-order chi connectivity index (χ1) is 21.4. The van der Waals surface area contributed by atoms with E-state index in [0.29, 0.717) is 35.7 Å². The summed E-state index contributed by atoms with van der Waals surface area (Å²) >= 11 is 0. The number of aromatic nitrogens is 3. The zero-order chi connectivity index (χ0) is 31.3. The van der Waals surface area contributed by atoms with Crippen molar-refractivity contribution in [2.24, 2.45) is 17.8 Å². The third-order valence-corrected chi connectivity index (χ3v) is 6.92. The number of benzene rings is 2. The van der Waals surface area contributed by atoms with Crippen molar-refractivity contribution in [1.82, 2.24) is 19.9 Å². The molecule has 12 heteroatoms. The van der Waals surface area contributed by atoms with Crippen LogP contribution < -0.4 is 21.3 Å². The van der Waals surface area contributed by atoms with Gasteiger partial charge >= 0.3 is 6.09 Å². The van der Waals surface area contributed by atoms with Gasteiger partial charge in [-0.05, 0) is 61.0 Å². The Kier molecular flexibility index (Phi) is 11.4. The maximum Gasteiger partial charge on any atom is 0.412 e. The minimum atomic E-state index is -0.518. The van der Waals surface area contributed by atoms with E-state index in [1.54, 1.807) is 36.5 Å². The van der Waals surface area contributed by atoms with Crippen LogP contribution in [0.25, 0.3) is 11.0 Å². The van der Waals surface area contributed by atoms with Crippen LogP contribution in [0, 0.1) is 0 Å². The van der Waals surface area contributed by atoms with Gasteiger partial charge in [0.1, 0.15) is 11.6 Å². The number of imidazole rings is 1. The van der Waals surface area contributed by atoms with E-state index in [0.717, 1.165) is 42.7 Å². The van der Waals surface area contributed by atoms with Gasteiger partial charge in [-0.25, -0.2) is 19.8 Å². The number of nitrogens with zero attached hydrogens (tertiary/aromatic N) is 5. The van der Waals surface area contributed by atoms with E-state index in [1.807, 2.05) is 41.9 Å². The molecular weight excluding hydrogens is 560 g/mol. The fourth-order valence-electron chi connectivity index (χ4n) is 4.49. The summed E-state index contributed by atoms with van der Waals surface area (Å²) in [7, 11) is 1.92. The number of nitrogens with two attached hydrogens (primary N) is 1. The predicted octanol–water partition coefficient (Wildman–Crippen LogP) is 5.07. The topological polar surface area (TPSA) is 157 Å². The molecule has 0 spiro atoms. The van der Waals surface area contributed by atoms with Crippen molar-refractivity contribution >= 4 is 52.5 Å². The molecular formula is C32H38N8O4. The van der Waals surface area contributed by atoms with Gasteiger partial charge < -0.3 is 20.4 Å². The third-order valence-electron chi connectivity index (χ3n) is 6.92. The summed E-state index contributed by atoms with van der Waals surface area (Å²) in [5.41, 5.74) is 8.85. The summed E-state index contributed by atoms with van der Waals surface area (Å²) < 4.78 is 7.09. The molecule has 0 aliphatic carbocycles. The number of alkyl carbamates (subject to hydrolysis) is 1. The number of amides is 3. The molecule has 0 atom stereocenters. The summed E-state index contributed by atoms with van der Waals surface area (Å²) in [6, 6.07) is 18.0. The van der Waals surface area contributed by atoms with Crippen molar-refractivity contribution in [3.05, 3.63) is 78.2 Å². The minimum Gasteiger partial charge on any atom is -0.449 e. The largest absolute Gasteiger partial charge is 0.449 e. The van der Waals surface area contributed by atoms with Crippen molar-refractivity contribution in [1.29, 1.82) is 0 Å². The van der Waals surface area contributed by atoms with Crippen LogP contribution in [0.15, 0.2) is 71.9 Å². The number of aliphatic imine (C=N–C) groups is 1. The molecule has 0 saturated carbocycles. The number of rotatable bonds is 15. The lowest BCUT2D eigenvalue weighted by Gasteiger charge is -2.21. The van der Waals surface area contributed by atoms with E-state index in [-0.39, 0.29) is 18.9 Å². The molecule has 0 saturated heterocycles. The number of aryl methyl sites for hydroxylation is 1. The van der Waals surface area contributed by atoms with Crippen LogP contribution in [-0.4, -0.2) is 51.9 Å². The fourth-order valence-corrected chi connectivity index (χ4v) is 4.49.